The number of rotatable bonds is 4. The van der Waals surface area contributed by atoms with Crippen molar-refractivity contribution in [3.05, 3.63) is 17.5 Å². The summed E-state index contributed by atoms with van der Waals surface area (Å²) in [5.74, 6) is 0.858. The highest BCUT2D eigenvalue weighted by atomic mass is 16.1. The molecule has 6 heteroatoms. The third-order valence-electron chi connectivity index (χ3n) is 6.69. The Morgan fingerprint density at radius 2 is 1.90 bits per heavy atom. The minimum Gasteiger partial charge on any atom is -0.355 e. The van der Waals surface area contributed by atoms with Gasteiger partial charge in [0.1, 0.15) is 0 Å². The Bertz CT molecular complexity index is 662. The van der Waals surface area contributed by atoms with E-state index in [0.717, 1.165) is 51.4 Å². The number of nitrogens with one attached hydrogen (secondary N) is 1. The summed E-state index contributed by atoms with van der Waals surface area (Å²) < 4.78 is 1.90. The number of nitrogens with zero attached hydrogens (tertiary/aromatic N) is 4. The van der Waals surface area contributed by atoms with Crippen LogP contribution < -0.4 is 5.32 Å². The van der Waals surface area contributed by atoms with Gasteiger partial charge in [0.25, 0.3) is 0 Å². The summed E-state index contributed by atoms with van der Waals surface area (Å²) in [6.45, 7) is 12.5. The molecule has 2 aliphatic rings. The van der Waals surface area contributed by atoms with Crippen molar-refractivity contribution in [3.8, 4) is 0 Å². The van der Waals surface area contributed by atoms with Gasteiger partial charge in [-0.1, -0.05) is 33.1 Å². The summed E-state index contributed by atoms with van der Waals surface area (Å²) in [5.41, 5.74) is 2.46. The maximum absolute atomic E-state index is 12.9. The Kier molecular flexibility index (Phi) is 7.74. The lowest BCUT2D eigenvalue weighted by Gasteiger charge is -2.47. The lowest BCUT2D eigenvalue weighted by Crippen LogP contribution is -2.54. The van der Waals surface area contributed by atoms with Crippen molar-refractivity contribution >= 4 is 5.91 Å². The maximum Gasteiger partial charge on any atom is 0.221 e. The van der Waals surface area contributed by atoms with Crippen LogP contribution in [0.1, 0.15) is 70.1 Å². The normalized spacial score (nSPS) is 22.6. The van der Waals surface area contributed by atoms with Crippen molar-refractivity contribution in [3.63, 3.8) is 0 Å². The molecule has 0 unspecified atom stereocenters. The first kappa shape index (κ1) is 22.3. The highest BCUT2D eigenvalue weighted by Crippen LogP contribution is 2.37. The molecule has 1 spiro atoms. The topological polar surface area (TPSA) is 53.4 Å². The van der Waals surface area contributed by atoms with Crippen LogP contribution in [-0.2, 0) is 18.4 Å². The average Bonchev–Trinajstić information content (AvgIpc) is 2.96. The summed E-state index contributed by atoms with van der Waals surface area (Å²) in [6, 6.07) is 0. The van der Waals surface area contributed by atoms with Gasteiger partial charge in [0.05, 0.1) is 5.69 Å². The van der Waals surface area contributed by atoms with E-state index in [-0.39, 0.29) is 11.4 Å². The van der Waals surface area contributed by atoms with Crippen molar-refractivity contribution in [1.29, 1.82) is 0 Å². The Morgan fingerprint density at radius 3 is 2.55 bits per heavy atom. The first-order chi connectivity index (χ1) is 13.9. The SMILES string of the molecule is Cc1nn(C)cc1CN1CCCN(CC(C)C)C2(CCCCC2)CC(=O)NCC1. The van der Waals surface area contributed by atoms with E-state index >= 15 is 0 Å². The van der Waals surface area contributed by atoms with Gasteiger partial charge in [-0.25, -0.2) is 0 Å². The van der Waals surface area contributed by atoms with Crippen LogP contribution in [0, 0.1) is 12.8 Å². The number of hydrogen-bond donors (Lipinski definition) is 1. The lowest BCUT2D eigenvalue weighted by atomic mass is 9.77. The van der Waals surface area contributed by atoms with Crippen LogP contribution in [0.25, 0.3) is 0 Å². The van der Waals surface area contributed by atoms with Gasteiger partial charge in [0.2, 0.25) is 5.91 Å². The molecule has 1 saturated carbocycles. The Morgan fingerprint density at radius 1 is 1.14 bits per heavy atom. The predicted molar refractivity (Wildman–Crippen MR) is 118 cm³/mol. The molecule has 2 heterocycles. The molecule has 0 aromatic carbocycles. The van der Waals surface area contributed by atoms with Gasteiger partial charge in [-0.2, -0.15) is 5.10 Å². The zero-order chi connectivity index (χ0) is 20.9. The first-order valence-electron chi connectivity index (χ1n) is 11.6. The quantitative estimate of drug-likeness (QED) is 0.839. The highest BCUT2D eigenvalue weighted by molar-refractivity contribution is 5.77. The smallest absolute Gasteiger partial charge is 0.221 e. The Hall–Kier alpha value is -1.40. The van der Waals surface area contributed by atoms with Crippen molar-refractivity contribution in [2.75, 3.05) is 32.7 Å². The van der Waals surface area contributed by atoms with Gasteiger partial charge >= 0.3 is 0 Å². The van der Waals surface area contributed by atoms with E-state index in [4.69, 9.17) is 0 Å². The molecule has 1 aromatic heterocycles. The number of aromatic nitrogens is 2. The van der Waals surface area contributed by atoms with E-state index in [9.17, 15) is 4.79 Å². The molecule has 29 heavy (non-hydrogen) atoms. The number of amides is 1. The van der Waals surface area contributed by atoms with Crippen molar-refractivity contribution < 1.29 is 4.79 Å². The third kappa shape index (κ3) is 6.05. The molecule has 0 bridgehead atoms. The average molecular weight is 404 g/mol. The number of carbonyl (C=O) groups is 1. The van der Waals surface area contributed by atoms with Crippen molar-refractivity contribution in [1.82, 2.24) is 24.9 Å². The zero-order valence-electron chi connectivity index (χ0n) is 19.0. The van der Waals surface area contributed by atoms with Crippen LogP contribution in [0.3, 0.4) is 0 Å². The number of carbonyl (C=O) groups excluding carboxylic acids is 1. The third-order valence-corrected chi connectivity index (χ3v) is 6.69. The molecule has 6 nitrogen and oxygen atoms in total. The largest absolute Gasteiger partial charge is 0.355 e. The Balaban J connectivity index is 1.74. The van der Waals surface area contributed by atoms with E-state index in [1.54, 1.807) is 0 Å². The standard InChI is InChI=1S/C23H41N5O/c1-19(2)16-28-13-8-12-27(18-21-17-26(4)25-20(21)3)14-11-24-22(29)15-23(28)9-6-5-7-10-23/h17,19H,5-16,18H2,1-4H3,(H,24,29). The fourth-order valence-corrected chi connectivity index (χ4v) is 5.29. The maximum atomic E-state index is 12.9. The highest BCUT2D eigenvalue weighted by Gasteiger charge is 2.39. The van der Waals surface area contributed by atoms with Gasteiger partial charge in [0, 0.05) is 56.9 Å². The first-order valence-corrected chi connectivity index (χ1v) is 11.6. The number of aryl methyl sites for hydroxylation is 2. The summed E-state index contributed by atoms with van der Waals surface area (Å²) in [6.07, 6.45) is 10.1. The van der Waals surface area contributed by atoms with E-state index in [0.29, 0.717) is 12.3 Å². The van der Waals surface area contributed by atoms with Gasteiger partial charge in [-0.05, 0) is 45.2 Å². The van der Waals surface area contributed by atoms with Crippen molar-refractivity contribution in [2.45, 2.75) is 77.8 Å². The fraction of sp³-hybridized carbons (Fsp3) is 0.826. The summed E-state index contributed by atoms with van der Waals surface area (Å²) in [7, 11) is 1.98. The second kappa shape index (κ2) is 10.1. The molecule has 0 atom stereocenters. The van der Waals surface area contributed by atoms with E-state index in [2.05, 4.69) is 47.2 Å². The second-order valence-electron chi connectivity index (χ2n) is 9.69. The molecule has 2 fully saturated rings. The van der Waals surface area contributed by atoms with Crippen LogP contribution in [0.15, 0.2) is 6.20 Å². The molecular weight excluding hydrogens is 362 g/mol. The van der Waals surface area contributed by atoms with Gasteiger partial charge in [0.15, 0.2) is 0 Å². The molecule has 1 saturated heterocycles. The van der Waals surface area contributed by atoms with Gasteiger partial charge < -0.3 is 5.32 Å². The monoisotopic (exact) mass is 403 g/mol. The van der Waals surface area contributed by atoms with Crippen LogP contribution in [0.2, 0.25) is 0 Å². The molecule has 1 amide bonds. The van der Waals surface area contributed by atoms with E-state index < -0.39 is 0 Å². The summed E-state index contributed by atoms with van der Waals surface area (Å²) >= 11 is 0. The van der Waals surface area contributed by atoms with E-state index in [1.807, 2.05) is 11.7 Å². The predicted octanol–water partition coefficient (Wildman–Crippen LogP) is 3.10. The van der Waals surface area contributed by atoms with Crippen molar-refractivity contribution in [2.24, 2.45) is 13.0 Å². The summed E-state index contributed by atoms with van der Waals surface area (Å²) in [4.78, 5) is 18.0. The van der Waals surface area contributed by atoms with Crippen LogP contribution in [-0.4, -0.2) is 63.8 Å². The van der Waals surface area contributed by atoms with E-state index in [1.165, 1.54) is 37.7 Å². The minimum absolute atomic E-state index is 0.0711. The fourth-order valence-electron chi connectivity index (χ4n) is 5.29. The van der Waals surface area contributed by atoms with Crippen LogP contribution in [0.5, 0.6) is 0 Å². The molecule has 0 radical (unpaired) electrons. The van der Waals surface area contributed by atoms with Crippen LogP contribution >= 0.6 is 0 Å². The van der Waals surface area contributed by atoms with Gasteiger partial charge in [-0.15, -0.1) is 0 Å². The lowest BCUT2D eigenvalue weighted by molar-refractivity contribution is -0.125. The van der Waals surface area contributed by atoms with Gasteiger partial charge in [-0.3, -0.25) is 19.3 Å². The second-order valence-corrected chi connectivity index (χ2v) is 9.69. The molecule has 1 aromatic rings. The summed E-state index contributed by atoms with van der Waals surface area (Å²) in [5, 5.41) is 7.73. The number of hydrogen-bond acceptors (Lipinski definition) is 4. The molecular formula is C23H41N5O. The Labute approximate surface area is 177 Å². The minimum atomic E-state index is 0.0711. The molecule has 1 N–H and O–H groups in total. The molecule has 164 valence electrons. The van der Waals surface area contributed by atoms with Crippen LogP contribution in [0.4, 0.5) is 0 Å². The molecule has 1 aliphatic heterocycles. The molecule has 1 aliphatic carbocycles. The molecule has 3 rings (SSSR count). The zero-order valence-corrected chi connectivity index (χ0v) is 19.0.